The van der Waals surface area contributed by atoms with Gasteiger partial charge in [0.1, 0.15) is 17.5 Å². The van der Waals surface area contributed by atoms with Crippen LogP contribution in [0.2, 0.25) is 0 Å². The molecule has 0 aliphatic heterocycles. The molecule has 3 rings (SSSR count). The van der Waals surface area contributed by atoms with Crippen molar-refractivity contribution in [2.45, 2.75) is 0 Å². The van der Waals surface area contributed by atoms with Crippen LogP contribution in [0.4, 0.5) is 0 Å². The highest BCUT2D eigenvalue weighted by molar-refractivity contribution is 5.97. The highest BCUT2D eigenvalue weighted by Crippen LogP contribution is 2.13. The van der Waals surface area contributed by atoms with Gasteiger partial charge in [0, 0.05) is 17.8 Å². The van der Waals surface area contributed by atoms with E-state index < -0.39 is 11.5 Å². The fraction of sp³-hybridized carbons (Fsp3) is 0. The monoisotopic (exact) mass is 240 g/mol. The summed E-state index contributed by atoms with van der Waals surface area (Å²) in [6.07, 6.45) is 4.30. The van der Waals surface area contributed by atoms with Gasteiger partial charge in [-0.25, -0.2) is 9.78 Å². The highest BCUT2D eigenvalue weighted by Gasteiger charge is 2.14. The minimum absolute atomic E-state index is 0.00769. The Morgan fingerprint density at radius 1 is 1.28 bits per heavy atom. The van der Waals surface area contributed by atoms with E-state index in [-0.39, 0.29) is 5.56 Å². The van der Waals surface area contributed by atoms with E-state index in [2.05, 4.69) is 4.98 Å². The fourth-order valence-electron chi connectivity index (χ4n) is 1.73. The molecule has 5 nitrogen and oxygen atoms in total. The third-order valence-corrected chi connectivity index (χ3v) is 2.61. The molecule has 0 aliphatic carbocycles. The average molecular weight is 240 g/mol. The van der Waals surface area contributed by atoms with Crippen LogP contribution in [-0.2, 0) is 0 Å². The Morgan fingerprint density at radius 2 is 2.11 bits per heavy atom. The number of rotatable bonds is 1. The second-order valence-corrected chi connectivity index (χ2v) is 3.76. The zero-order chi connectivity index (χ0) is 12.5. The lowest BCUT2D eigenvalue weighted by atomic mass is 10.2. The zero-order valence-electron chi connectivity index (χ0n) is 9.24. The van der Waals surface area contributed by atoms with Crippen LogP contribution in [0.25, 0.3) is 11.0 Å². The predicted molar refractivity (Wildman–Crippen MR) is 64.4 cm³/mol. The molecule has 88 valence electrons. The topological polar surface area (TPSA) is 65.1 Å². The Hall–Kier alpha value is -2.69. The van der Waals surface area contributed by atoms with E-state index >= 15 is 0 Å². The fourth-order valence-corrected chi connectivity index (χ4v) is 1.73. The molecule has 0 saturated carbocycles. The van der Waals surface area contributed by atoms with Crippen molar-refractivity contribution in [2.24, 2.45) is 0 Å². The van der Waals surface area contributed by atoms with Gasteiger partial charge in [0.15, 0.2) is 0 Å². The molecule has 1 aromatic carbocycles. The number of carbonyl (C=O) groups excluding carboxylic acids is 1. The van der Waals surface area contributed by atoms with Crippen LogP contribution in [0.3, 0.4) is 0 Å². The van der Waals surface area contributed by atoms with Gasteiger partial charge in [0.05, 0.1) is 0 Å². The first-order valence-corrected chi connectivity index (χ1v) is 5.31. The Morgan fingerprint density at radius 3 is 2.89 bits per heavy atom. The molecule has 0 N–H and O–H groups in total. The minimum atomic E-state index is -0.646. The first-order valence-electron chi connectivity index (χ1n) is 5.31. The molecule has 2 heterocycles. The van der Waals surface area contributed by atoms with Crippen LogP contribution in [0.1, 0.15) is 10.4 Å². The lowest BCUT2D eigenvalue weighted by Crippen LogP contribution is -2.19. The van der Waals surface area contributed by atoms with Gasteiger partial charge in [-0.1, -0.05) is 18.2 Å². The van der Waals surface area contributed by atoms with Crippen molar-refractivity contribution in [2.75, 3.05) is 0 Å². The SMILES string of the molecule is O=C(c1cc2ccccc2oc1=O)n1ccnc1. The third-order valence-electron chi connectivity index (χ3n) is 2.61. The maximum atomic E-state index is 12.0. The molecule has 0 amide bonds. The molecule has 5 heteroatoms. The van der Waals surface area contributed by atoms with Crippen molar-refractivity contribution in [1.82, 2.24) is 9.55 Å². The van der Waals surface area contributed by atoms with Crippen LogP contribution in [0, 0.1) is 0 Å². The van der Waals surface area contributed by atoms with Crippen molar-refractivity contribution < 1.29 is 9.21 Å². The third kappa shape index (κ3) is 1.62. The number of carbonyl (C=O) groups is 1. The molecule has 0 radical (unpaired) electrons. The van der Waals surface area contributed by atoms with Crippen molar-refractivity contribution in [3.05, 3.63) is 65.0 Å². The second-order valence-electron chi connectivity index (χ2n) is 3.76. The first-order chi connectivity index (χ1) is 8.75. The molecule has 0 atom stereocenters. The summed E-state index contributed by atoms with van der Waals surface area (Å²) in [5.74, 6) is -0.452. The molecule has 0 unspecified atom stereocenters. The van der Waals surface area contributed by atoms with Crippen LogP contribution in [-0.4, -0.2) is 15.5 Å². The summed E-state index contributed by atoms with van der Waals surface area (Å²) in [5, 5.41) is 0.709. The summed E-state index contributed by atoms with van der Waals surface area (Å²) in [6.45, 7) is 0. The summed E-state index contributed by atoms with van der Waals surface area (Å²) in [4.78, 5) is 27.6. The number of aromatic nitrogens is 2. The maximum Gasteiger partial charge on any atom is 0.349 e. The normalized spacial score (nSPS) is 10.7. The van der Waals surface area contributed by atoms with Gasteiger partial charge in [-0.3, -0.25) is 9.36 Å². The maximum absolute atomic E-state index is 12.0. The van der Waals surface area contributed by atoms with E-state index in [1.165, 1.54) is 29.4 Å². The van der Waals surface area contributed by atoms with E-state index in [0.717, 1.165) is 0 Å². The quantitative estimate of drug-likeness (QED) is 0.607. The number of hydrogen-bond acceptors (Lipinski definition) is 4. The summed E-state index contributed by atoms with van der Waals surface area (Å²) in [6, 6.07) is 8.57. The molecule has 2 aromatic heterocycles. The van der Waals surface area contributed by atoms with Gasteiger partial charge < -0.3 is 4.42 Å². The first kappa shape index (κ1) is 10.5. The Kier molecular flexibility index (Phi) is 2.30. The standard InChI is InChI=1S/C13H8N2O3/c16-12(15-6-5-14-8-15)10-7-9-3-1-2-4-11(9)18-13(10)17/h1-8H. The summed E-state index contributed by atoms with van der Waals surface area (Å²) < 4.78 is 6.34. The number of benzene rings is 1. The van der Waals surface area contributed by atoms with Crippen molar-refractivity contribution in [1.29, 1.82) is 0 Å². The average Bonchev–Trinajstić information content (AvgIpc) is 2.91. The van der Waals surface area contributed by atoms with Gasteiger partial charge in [-0.05, 0) is 12.1 Å². The molecule has 0 fully saturated rings. The smallest absolute Gasteiger partial charge is 0.349 e. The van der Waals surface area contributed by atoms with Crippen molar-refractivity contribution in [3.8, 4) is 0 Å². The Balaban J connectivity index is 2.21. The number of hydrogen-bond donors (Lipinski definition) is 0. The Bertz CT molecular complexity index is 772. The lowest BCUT2D eigenvalue weighted by Gasteiger charge is -2.01. The summed E-state index contributed by atoms with van der Waals surface area (Å²) in [5.41, 5.74) is -0.191. The predicted octanol–water partition coefficient (Wildman–Crippen LogP) is 1.68. The molecular weight excluding hydrogens is 232 g/mol. The summed E-state index contributed by atoms with van der Waals surface area (Å²) >= 11 is 0. The highest BCUT2D eigenvalue weighted by atomic mass is 16.4. The molecule has 0 saturated heterocycles. The van der Waals surface area contributed by atoms with Gasteiger partial charge in [-0.2, -0.15) is 0 Å². The minimum Gasteiger partial charge on any atom is -0.422 e. The van der Waals surface area contributed by atoms with Crippen LogP contribution >= 0.6 is 0 Å². The van der Waals surface area contributed by atoms with Gasteiger partial charge in [-0.15, -0.1) is 0 Å². The Labute approximate surface area is 101 Å². The number of para-hydroxylation sites is 1. The van der Waals surface area contributed by atoms with Gasteiger partial charge >= 0.3 is 5.63 Å². The molecule has 0 aliphatic rings. The largest absolute Gasteiger partial charge is 0.422 e. The zero-order valence-corrected chi connectivity index (χ0v) is 9.24. The number of imidazole rings is 1. The van der Waals surface area contributed by atoms with Gasteiger partial charge in [0.25, 0.3) is 5.91 Å². The van der Waals surface area contributed by atoms with E-state index in [0.29, 0.717) is 11.0 Å². The van der Waals surface area contributed by atoms with Gasteiger partial charge in [0.2, 0.25) is 0 Å². The lowest BCUT2D eigenvalue weighted by molar-refractivity contribution is 0.0956. The van der Waals surface area contributed by atoms with E-state index in [1.54, 1.807) is 18.2 Å². The van der Waals surface area contributed by atoms with E-state index in [1.807, 2.05) is 6.07 Å². The van der Waals surface area contributed by atoms with Crippen LogP contribution < -0.4 is 5.63 Å². The second kappa shape index (κ2) is 3.96. The van der Waals surface area contributed by atoms with Crippen molar-refractivity contribution >= 4 is 16.9 Å². The van der Waals surface area contributed by atoms with Crippen molar-refractivity contribution in [3.63, 3.8) is 0 Å². The van der Waals surface area contributed by atoms with Crippen LogP contribution in [0.15, 0.2) is 58.3 Å². The molecule has 0 spiro atoms. The molecular formula is C13H8N2O3. The summed E-state index contributed by atoms with van der Waals surface area (Å²) in [7, 11) is 0. The molecule has 3 aromatic rings. The molecule has 18 heavy (non-hydrogen) atoms. The number of nitrogens with zero attached hydrogens (tertiary/aromatic N) is 2. The number of fused-ring (bicyclic) bond motifs is 1. The van der Waals surface area contributed by atoms with E-state index in [4.69, 9.17) is 4.42 Å². The molecule has 0 bridgehead atoms. The van der Waals surface area contributed by atoms with E-state index in [9.17, 15) is 9.59 Å². The van der Waals surface area contributed by atoms with Crippen LogP contribution in [0.5, 0.6) is 0 Å².